The Bertz CT molecular complexity index is 716. The molecule has 0 aliphatic carbocycles. The highest BCUT2D eigenvalue weighted by molar-refractivity contribution is 6.30. The van der Waals surface area contributed by atoms with Crippen molar-refractivity contribution in [3.05, 3.63) is 45.7 Å². The first-order chi connectivity index (χ1) is 9.81. The lowest BCUT2D eigenvalue weighted by molar-refractivity contribution is 0.0467. The van der Waals surface area contributed by atoms with E-state index in [1.807, 2.05) is 0 Å². The predicted molar refractivity (Wildman–Crippen MR) is 72.8 cm³/mol. The average molecular weight is 316 g/mol. The standard InChI is InChI=1S/C13H12ClF2N3O2/c1-6-8(12(14)19(2)18-6)5-21-13(20)7-3-11(17)10(16)4-9(7)15/h3-4H,5,17H2,1-2H3. The van der Waals surface area contributed by atoms with Crippen molar-refractivity contribution in [3.8, 4) is 0 Å². The van der Waals surface area contributed by atoms with Gasteiger partial charge in [-0.1, -0.05) is 11.6 Å². The lowest BCUT2D eigenvalue weighted by Gasteiger charge is -2.07. The molecule has 8 heteroatoms. The third-order valence-electron chi connectivity index (χ3n) is 2.92. The first-order valence-corrected chi connectivity index (χ1v) is 6.28. The summed E-state index contributed by atoms with van der Waals surface area (Å²) in [7, 11) is 1.64. The van der Waals surface area contributed by atoms with Gasteiger partial charge in [0.2, 0.25) is 0 Å². The zero-order chi connectivity index (χ0) is 15.7. The van der Waals surface area contributed by atoms with E-state index in [2.05, 4.69) is 5.10 Å². The van der Waals surface area contributed by atoms with Gasteiger partial charge >= 0.3 is 5.97 Å². The number of aryl methyl sites for hydroxylation is 2. The fraction of sp³-hybridized carbons (Fsp3) is 0.231. The van der Waals surface area contributed by atoms with Gasteiger partial charge in [-0.3, -0.25) is 4.68 Å². The number of esters is 1. The van der Waals surface area contributed by atoms with Crippen LogP contribution in [0.25, 0.3) is 0 Å². The van der Waals surface area contributed by atoms with Gasteiger partial charge in [0.15, 0.2) is 0 Å². The number of hydrogen-bond donors (Lipinski definition) is 1. The number of rotatable bonds is 3. The Morgan fingerprint density at radius 1 is 1.43 bits per heavy atom. The van der Waals surface area contributed by atoms with Crippen LogP contribution >= 0.6 is 11.6 Å². The van der Waals surface area contributed by atoms with Crippen LogP contribution in [0.3, 0.4) is 0 Å². The van der Waals surface area contributed by atoms with Crippen molar-refractivity contribution in [2.45, 2.75) is 13.5 Å². The second-order valence-electron chi connectivity index (χ2n) is 4.41. The Labute approximate surface area is 124 Å². The molecule has 1 aromatic carbocycles. The van der Waals surface area contributed by atoms with E-state index in [1.54, 1.807) is 14.0 Å². The van der Waals surface area contributed by atoms with Crippen LogP contribution in [0.1, 0.15) is 21.6 Å². The highest BCUT2D eigenvalue weighted by Gasteiger charge is 2.18. The van der Waals surface area contributed by atoms with Crippen molar-refractivity contribution < 1.29 is 18.3 Å². The number of nitrogen functional groups attached to an aromatic ring is 1. The zero-order valence-corrected chi connectivity index (χ0v) is 12.0. The molecule has 0 atom stereocenters. The summed E-state index contributed by atoms with van der Waals surface area (Å²) in [4.78, 5) is 11.8. The van der Waals surface area contributed by atoms with E-state index < -0.39 is 23.2 Å². The fourth-order valence-electron chi connectivity index (χ4n) is 1.78. The maximum Gasteiger partial charge on any atom is 0.341 e. The van der Waals surface area contributed by atoms with Crippen molar-refractivity contribution in [2.75, 3.05) is 5.73 Å². The van der Waals surface area contributed by atoms with E-state index >= 15 is 0 Å². The first kappa shape index (κ1) is 15.2. The normalized spacial score (nSPS) is 10.7. The maximum atomic E-state index is 13.5. The molecule has 0 saturated carbocycles. The van der Waals surface area contributed by atoms with Gasteiger partial charge in [0.05, 0.1) is 16.9 Å². The first-order valence-electron chi connectivity index (χ1n) is 5.91. The van der Waals surface area contributed by atoms with Crippen molar-refractivity contribution in [1.82, 2.24) is 9.78 Å². The lowest BCUT2D eigenvalue weighted by Crippen LogP contribution is -2.09. The summed E-state index contributed by atoms with van der Waals surface area (Å²) < 4.78 is 33.0. The summed E-state index contributed by atoms with van der Waals surface area (Å²) >= 11 is 5.99. The number of carbonyl (C=O) groups excluding carboxylic acids is 1. The molecule has 2 N–H and O–H groups in total. The van der Waals surface area contributed by atoms with Crippen LogP contribution in [0.4, 0.5) is 14.5 Å². The van der Waals surface area contributed by atoms with Crippen LogP contribution < -0.4 is 5.73 Å². The van der Waals surface area contributed by atoms with E-state index in [0.29, 0.717) is 22.5 Å². The molecule has 0 unspecified atom stereocenters. The predicted octanol–water partition coefficient (Wildman–Crippen LogP) is 2.60. The summed E-state index contributed by atoms with van der Waals surface area (Å²) in [5.74, 6) is -2.94. The Kier molecular flexibility index (Phi) is 4.13. The summed E-state index contributed by atoms with van der Waals surface area (Å²) in [6.45, 7) is 1.53. The highest BCUT2D eigenvalue weighted by Crippen LogP contribution is 2.21. The van der Waals surface area contributed by atoms with Gasteiger partial charge in [-0.25, -0.2) is 13.6 Å². The molecule has 0 bridgehead atoms. The summed E-state index contributed by atoms with van der Waals surface area (Å²) in [6.07, 6.45) is 0. The number of halogens is 3. The van der Waals surface area contributed by atoms with Gasteiger partial charge in [-0.15, -0.1) is 0 Å². The number of hydrogen-bond acceptors (Lipinski definition) is 4. The van der Waals surface area contributed by atoms with Crippen LogP contribution in [0, 0.1) is 18.6 Å². The largest absolute Gasteiger partial charge is 0.457 e. The molecule has 0 aliphatic rings. The number of nitrogens with zero attached hydrogens (tertiary/aromatic N) is 2. The minimum Gasteiger partial charge on any atom is -0.457 e. The van der Waals surface area contributed by atoms with Crippen LogP contribution in [0.15, 0.2) is 12.1 Å². The van der Waals surface area contributed by atoms with Gasteiger partial charge in [0.25, 0.3) is 0 Å². The maximum absolute atomic E-state index is 13.5. The smallest absolute Gasteiger partial charge is 0.341 e. The minimum absolute atomic E-state index is 0.173. The minimum atomic E-state index is -1.04. The highest BCUT2D eigenvalue weighted by atomic mass is 35.5. The van der Waals surface area contributed by atoms with Crippen LogP contribution in [0.5, 0.6) is 0 Å². The summed E-state index contributed by atoms with van der Waals surface area (Å²) in [5, 5.41) is 4.37. The Balaban J connectivity index is 2.17. The van der Waals surface area contributed by atoms with Crippen molar-refractivity contribution in [1.29, 1.82) is 0 Å². The second kappa shape index (κ2) is 5.69. The Hall–Kier alpha value is -2.15. The quantitative estimate of drug-likeness (QED) is 0.698. The van der Waals surface area contributed by atoms with E-state index in [-0.39, 0.29) is 12.3 Å². The monoisotopic (exact) mass is 315 g/mol. The lowest BCUT2D eigenvalue weighted by atomic mass is 10.2. The van der Waals surface area contributed by atoms with Gasteiger partial charge in [0, 0.05) is 18.7 Å². The molecule has 0 radical (unpaired) electrons. The molecule has 21 heavy (non-hydrogen) atoms. The van der Waals surface area contributed by atoms with Crippen molar-refractivity contribution >= 4 is 23.3 Å². The average Bonchev–Trinajstić information content (AvgIpc) is 2.65. The van der Waals surface area contributed by atoms with Crippen LogP contribution in [-0.4, -0.2) is 15.7 Å². The molecule has 0 amide bonds. The van der Waals surface area contributed by atoms with E-state index in [0.717, 1.165) is 6.07 Å². The van der Waals surface area contributed by atoms with Crippen LogP contribution in [-0.2, 0) is 18.4 Å². The Morgan fingerprint density at radius 3 is 2.67 bits per heavy atom. The van der Waals surface area contributed by atoms with Gasteiger partial charge in [0.1, 0.15) is 23.4 Å². The number of nitrogens with two attached hydrogens (primary N) is 1. The van der Waals surface area contributed by atoms with E-state index in [1.165, 1.54) is 4.68 Å². The Morgan fingerprint density at radius 2 is 2.10 bits per heavy atom. The molecule has 0 spiro atoms. The molecule has 2 rings (SSSR count). The van der Waals surface area contributed by atoms with Crippen molar-refractivity contribution in [3.63, 3.8) is 0 Å². The third-order valence-corrected chi connectivity index (χ3v) is 3.40. The fourth-order valence-corrected chi connectivity index (χ4v) is 2.00. The summed E-state index contributed by atoms with van der Waals surface area (Å²) in [5.41, 5.74) is 5.64. The van der Waals surface area contributed by atoms with Gasteiger partial charge in [-0.05, 0) is 13.0 Å². The molecular formula is C13H12ClF2N3O2. The number of benzene rings is 1. The van der Waals surface area contributed by atoms with Crippen LogP contribution in [0.2, 0.25) is 5.15 Å². The molecule has 2 aromatic rings. The number of ether oxygens (including phenoxy) is 1. The molecule has 1 heterocycles. The molecule has 0 saturated heterocycles. The zero-order valence-electron chi connectivity index (χ0n) is 11.3. The molecule has 112 valence electrons. The molecular weight excluding hydrogens is 304 g/mol. The third kappa shape index (κ3) is 2.97. The van der Waals surface area contributed by atoms with Gasteiger partial charge in [-0.2, -0.15) is 5.10 Å². The second-order valence-corrected chi connectivity index (χ2v) is 4.77. The topological polar surface area (TPSA) is 70.1 Å². The molecule has 0 fully saturated rings. The summed E-state index contributed by atoms with van der Waals surface area (Å²) in [6, 6.07) is 1.43. The van der Waals surface area contributed by atoms with Crippen molar-refractivity contribution in [2.24, 2.45) is 7.05 Å². The van der Waals surface area contributed by atoms with E-state index in [4.69, 9.17) is 22.1 Å². The van der Waals surface area contributed by atoms with Gasteiger partial charge < -0.3 is 10.5 Å². The molecule has 1 aromatic heterocycles. The van der Waals surface area contributed by atoms with E-state index in [9.17, 15) is 13.6 Å². The molecule has 0 aliphatic heterocycles. The number of carbonyl (C=O) groups is 1. The number of aromatic nitrogens is 2. The molecule has 5 nitrogen and oxygen atoms in total. The SMILES string of the molecule is Cc1nn(C)c(Cl)c1COC(=O)c1cc(N)c(F)cc1F. The number of anilines is 1.